The maximum absolute atomic E-state index is 12.2. The molecule has 0 saturated heterocycles. The second-order valence-electron chi connectivity index (χ2n) is 5.60. The Balaban J connectivity index is 1.70. The van der Waals surface area contributed by atoms with Gasteiger partial charge in [0.2, 0.25) is 5.91 Å². The summed E-state index contributed by atoms with van der Waals surface area (Å²) in [4.78, 5) is 16.6. The lowest BCUT2D eigenvalue weighted by Crippen LogP contribution is -2.07. The standard InChI is InChI=1S/C20H16Cl2N2O3S/c1-26-17-7-4-13(9-18(17)27-2)16-11-28-20(23-16)24-19(25)8-5-12-3-6-14(21)10-15(12)22/h3-11H,1-2H3,(H,23,24,25). The van der Waals surface area contributed by atoms with E-state index < -0.39 is 0 Å². The Labute approximate surface area is 176 Å². The van der Waals surface area contributed by atoms with Crippen LogP contribution in [-0.2, 0) is 4.79 Å². The Morgan fingerprint density at radius 1 is 1.11 bits per heavy atom. The number of hydrogen-bond acceptors (Lipinski definition) is 5. The van der Waals surface area contributed by atoms with Gasteiger partial charge < -0.3 is 9.47 Å². The van der Waals surface area contributed by atoms with Crippen LogP contribution >= 0.6 is 34.5 Å². The van der Waals surface area contributed by atoms with Gasteiger partial charge in [-0.05, 0) is 42.0 Å². The minimum absolute atomic E-state index is 0.306. The molecule has 8 heteroatoms. The van der Waals surface area contributed by atoms with Crippen LogP contribution in [0.15, 0.2) is 47.9 Å². The molecule has 0 radical (unpaired) electrons. The monoisotopic (exact) mass is 434 g/mol. The summed E-state index contributed by atoms with van der Waals surface area (Å²) in [5.74, 6) is 0.946. The van der Waals surface area contributed by atoms with E-state index in [4.69, 9.17) is 32.7 Å². The van der Waals surface area contributed by atoms with Gasteiger partial charge in [-0.25, -0.2) is 4.98 Å². The molecule has 2 aromatic carbocycles. The van der Waals surface area contributed by atoms with E-state index >= 15 is 0 Å². The highest BCUT2D eigenvalue weighted by Crippen LogP contribution is 2.33. The average molecular weight is 435 g/mol. The molecular weight excluding hydrogens is 419 g/mol. The number of hydrogen-bond donors (Lipinski definition) is 1. The van der Waals surface area contributed by atoms with Crippen molar-refractivity contribution in [3.05, 3.63) is 63.5 Å². The van der Waals surface area contributed by atoms with Crippen molar-refractivity contribution >= 4 is 51.7 Å². The van der Waals surface area contributed by atoms with Crippen LogP contribution in [0.5, 0.6) is 11.5 Å². The summed E-state index contributed by atoms with van der Waals surface area (Å²) < 4.78 is 10.6. The summed E-state index contributed by atoms with van der Waals surface area (Å²) in [6.45, 7) is 0. The van der Waals surface area contributed by atoms with Crippen molar-refractivity contribution in [1.82, 2.24) is 4.98 Å². The molecule has 0 atom stereocenters. The Kier molecular flexibility index (Phi) is 6.57. The van der Waals surface area contributed by atoms with E-state index in [1.165, 1.54) is 17.4 Å². The molecule has 0 aliphatic rings. The first kappa shape index (κ1) is 20.2. The van der Waals surface area contributed by atoms with Gasteiger partial charge in [-0.1, -0.05) is 29.3 Å². The number of methoxy groups -OCH3 is 2. The number of amides is 1. The predicted octanol–water partition coefficient (Wildman–Crippen LogP) is 5.79. The third-order valence-corrected chi connectivity index (χ3v) is 5.11. The van der Waals surface area contributed by atoms with Crippen LogP contribution in [0.25, 0.3) is 17.3 Å². The fourth-order valence-corrected chi connectivity index (χ4v) is 3.60. The maximum atomic E-state index is 12.2. The average Bonchev–Trinajstić information content (AvgIpc) is 3.15. The molecule has 1 aromatic heterocycles. The summed E-state index contributed by atoms with van der Waals surface area (Å²) in [6, 6.07) is 10.6. The molecule has 0 saturated carbocycles. The molecule has 5 nitrogen and oxygen atoms in total. The van der Waals surface area contributed by atoms with Crippen molar-refractivity contribution in [3.63, 3.8) is 0 Å². The van der Waals surface area contributed by atoms with E-state index in [1.54, 1.807) is 38.5 Å². The van der Waals surface area contributed by atoms with E-state index in [2.05, 4.69) is 10.3 Å². The normalized spacial score (nSPS) is 10.9. The van der Waals surface area contributed by atoms with Crippen molar-refractivity contribution in [1.29, 1.82) is 0 Å². The number of nitrogens with one attached hydrogen (secondary N) is 1. The summed E-state index contributed by atoms with van der Waals surface area (Å²) in [6.07, 6.45) is 3.02. The lowest BCUT2D eigenvalue weighted by atomic mass is 10.1. The zero-order valence-corrected chi connectivity index (χ0v) is 17.4. The van der Waals surface area contributed by atoms with Crippen LogP contribution in [0, 0.1) is 0 Å². The zero-order valence-electron chi connectivity index (χ0n) is 15.0. The van der Waals surface area contributed by atoms with Crippen molar-refractivity contribution in [2.45, 2.75) is 0 Å². The molecule has 1 amide bonds. The molecule has 0 spiro atoms. The minimum atomic E-state index is -0.306. The number of nitrogens with zero attached hydrogens (tertiary/aromatic N) is 1. The molecule has 3 rings (SSSR count). The molecule has 0 bridgehead atoms. The summed E-state index contributed by atoms with van der Waals surface area (Å²) in [7, 11) is 3.16. The summed E-state index contributed by atoms with van der Waals surface area (Å²) >= 11 is 13.3. The van der Waals surface area contributed by atoms with Crippen LogP contribution in [0.1, 0.15) is 5.56 Å². The molecule has 0 fully saturated rings. The van der Waals surface area contributed by atoms with Gasteiger partial charge in [-0.15, -0.1) is 11.3 Å². The van der Waals surface area contributed by atoms with Crippen LogP contribution in [0.4, 0.5) is 5.13 Å². The molecule has 1 heterocycles. The minimum Gasteiger partial charge on any atom is -0.493 e. The van der Waals surface area contributed by atoms with Crippen LogP contribution in [0.3, 0.4) is 0 Å². The number of carbonyl (C=O) groups excluding carboxylic acids is 1. The van der Waals surface area contributed by atoms with E-state index in [0.29, 0.717) is 32.2 Å². The Hall–Kier alpha value is -2.54. The molecule has 0 aliphatic carbocycles. The maximum Gasteiger partial charge on any atom is 0.250 e. The first-order valence-electron chi connectivity index (χ1n) is 8.12. The van der Waals surface area contributed by atoms with E-state index in [1.807, 2.05) is 23.6 Å². The highest BCUT2D eigenvalue weighted by atomic mass is 35.5. The fraction of sp³-hybridized carbons (Fsp3) is 0.100. The molecular formula is C20H16Cl2N2O3S. The van der Waals surface area contributed by atoms with Crippen LogP contribution in [-0.4, -0.2) is 25.1 Å². The lowest BCUT2D eigenvalue weighted by molar-refractivity contribution is -0.111. The number of carbonyl (C=O) groups is 1. The third-order valence-electron chi connectivity index (χ3n) is 3.79. The second kappa shape index (κ2) is 9.10. The van der Waals surface area contributed by atoms with Crippen molar-refractivity contribution in [3.8, 4) is 22.8 Å². The zero-order chi connectivity index (χ0) is 20.1. The molecule has 144 valence electrons. The summed E-state index contributed by atoms with van der Waals surface area (Å²) in [5, 5.41) is 6.10. The molecule has 0 aliphatic heterocycles. The van der Waals surface area contributed by atoms with Gasteiger partial charge >= 0.3 is 0 Å². The summed E-state index contributed by atoms with van der Waals surface area (Å²) in [5.41, 5.74) is 2.29. The first-order valence-corrected chi connectivity index (χ1v) is 9.75. The van der Waals surface area contributed by atoms with Gasteiger partial charge in [0.1, 0.15) is 0 Å². The van der Waals surface area contributed by atoms with Crippen LogP contribution in [0.2, 0.25) is 10.0 Å². The highest BCUT2D eigenvalue weighted by molar-refractivity contribution is 7.14. The third kappa shape index (κ3) is 4.84. The van der Waals surface area contributed by atoms with E-state index in [9.17, 15) is 4.79 Å². The number of rotatable bonds is 6. The van der Waals surface area contributed by atoms with Crippen molar-refractivity contribution < 1.29 is 14.3 Å². The smallest absolute Gasteiger partial charge is 0.250 e. The van der Waals surface area contributed by atoms with E-state index in [0.717, 1.165) is 11.3 Å². The van der Waals surface area contributed by atoms with Gasteiger partial charge in [-0.3, -0.25) is 10.1 Å². The molecule has 0 unspecified atom stereocenters. The molecule has 28 heavy (non-hydrogen) atoms. The fourth-order valence-electron chi connectivity index (χ4n) is 2.41. The second-order valence-corrected chi connectivity index (χ2v) is 7.30. The molecule has 3 aromatic rings. The number of ether oxygens (including phenoxy) is 2. The van der Waals surface area contributed by atoms with Crippen LogP contribution < -0.4 is 14.8 Å². The van der Waals surface area contributed by atoms with Gasteiger partial charge in [-0.2, -0.15) is 0 Å². The van der Waals surface area contributed by atoms with Crippen molar-refractivity contribution in [2.24, 2.45) is 0 Å². The Bertz CT molecular complexity index is 1030. The Morgan fingerprint density at radius 3 is 2.61 bits per heavy atom. The van der Waals surface area contributed by atoms with Gasteiger partial charge in [0.05, 0.1) is 19.9 Å². The lowest BCUT2D eigenvalue weighted by Gasteiger charge is -2.08. The van der Waals surface area contributed by atoms with E-state index in [-0.39, 0.29) is 5.91 Å². The molecule has 1 N–H and O–H groups in total. The van der Waals surface area contributed by atoms with Gasteiger partial charge in [0, 0.05) is 27.1 Å². The largest absolute Gasteiger partial charge is 0.493 e. The Morgan fingerprint density at radius 2 is 1.89 bits per heavy atom. The quantitative estimate of drug-likeness (QED) is 0.498. The SMILES string of the molecule is COc1ccc(-c2csc(NC(=O)C=Cc3ccc(Cl)cc3Cl)n2)cc1OC. The number of thiazole rings is 1. The van der Waals surface area contributed by atoms with Gasteiger partial charge in [0.15, 0.2) is 16.6 Å². The predicted molar refractivity (Wildman–Crippen MR) is 115 cm³/mol. The first-order chi connectivity index (χ1) is 13.5. The number of anilines is 1. The number of benzene rings is 2. The number of aromatic nitrogens is 1. The van der Waals surface area contributed by atoms with Crippen molar-refractivity contribution in [2.75, 3.05) is 19.5 Å². The topological polar surface area (TPSA) is 60.5 Å². The number of halogens is 2. The highest BCUT2D eigenvalue weighted by Gasteiger charge is 2.10. The van der Waals surface area contributed by atoms with Gasteiger partial charge in [0.25, 0.3) is 0 Å².